The maximum atomic E-state index is 4.49. The van der Waals surface area contributed by atoms with Crippen LogP contribution in [0.4, 0.5) is 0 Å². The summed E-state index contributed by atoms with van der Waals surface area (Å²) in [5.74, 6) is 1.31. The van der Waals surface area contributed by atoms with Gasteiger partial charge in [-0.3, -0.25) is 10.1 Å². The van der Waals surface area contributed by atoms with Crippen molar-refractivity contribution in [1.29, 1.82) is 0 Å². The Kier molecular flexibility index (Phi) is 2.97. The highest BCUT2D eigenvalue weighted by Gasteiger charge is 2.08. The predicted molar refractivity (Wildman–Crippen MR) is 82.2 cm³/mol. The van der Waals surface area contributed by atoms with E-state index < -0.39 is 0 Å². The van der Waals surface area contributed by atoms with Crippen LogP contribution in [0, 0.1) is 0 Å². The Morgan fingerprint density at radius 2 is 1.86 bits per heavy atom. The van der Waals surface area contributed by atoms with Crippen molar-refractivity contribution >= 4 is 0 Å². The molecule has 0 aliphatic heterocycles. The molecule has 1 aromatic carbocycles. The van der Waals surface area contributed by atoms with Gasteiger partial charge in [-0.05, 0) is 36.4 Å². The predicted octanol–water partition coefficient (Wildman–Crippen LogP) is 2.72. The van der Waals surface area contributed by atoms with Gasteiger partial charge in [-0.25, -0.2) is 9.97 Å². The van der Waals surface area contributed by atoms with Gasteiger partial charge in [0.05, 0.1) is 6.33 Å². The molecule has 106 valence electrons. The Morgan fingerprint density at radius 3 is 2.59 bits per heavy atom. The van der Waals surface area contributed by atoms with E-state index in [1.54, 1.807) is 18.7 Å². The summed E-state index contributed by atoms with van der Waals surface area (Å²) in [6.07, 6.45) is 7.15. The fourth-order valence-corrected chi connectivity index (χ4v) is 2.20. The third kappa shape index (κ3) is 2.26. The van der Waals surface area contributed by atoms with Crippen molar-refractivity contribution in [2.45, 2.75) is 0 Å². The molecule has 0 saturated heterocycles. The molecule has 0 unspecified atom stereocenters. The summed E-state index contributed by atoms with van der Waals surface area (Å²) in [5.41, 5.74) is 2.76. The summed E-state index contributed by atoms with van der Waals surface area (Å²) in [6.45, 7) is 0. The lowest BCUT2D eigenvalue weighted by Gasteiger charge is -2.02. The van der Waals surface area contributed by atoms with E-state index in [9.17, 15) is 0 Å². The topological polar surface area (TPSA) is 72.3 Å². The molecule has 4 aromatic rings. The molecule has 0 spiro atoms. The van der Waals surface area contributed by atoms with Crippen molar-refractivity contribution in [3.8, 4) is 28.6 Å². The average Bonchev–Trinajstić information content (AvgIpc) is 3.28. The fraction of sp³-hybridized carbons (Fsp3) is 0. The van der Waals surface area contributed by atoms with Crippen LogP contribution in [0.15, 0.2) is 67.4 Å². The van der Waals surface area contributed by atoms with Gasteiger partial charge < -0.3 is 4.57 Å². The highest BCUT2D eigenvalue weighted by atomic mass is 15.2. The van der Waals surface area contributed by atoms with Crippen LogP contribution in [0.2, 0.25) is 0 Å². The van der Waals surface area contributed by atoms with E-state index in [-0.39, 0.29) is 0 Å². The summed E-state index contributed by atoms with van der Waals surface area (Å²) in [5, 5.41) is 7.18. The molecule has 3 aromatic heterocycles. The lowest BCUT2D eigenvalue weighted by molar-refractivity contribution is 1.06. The van der Waals surface area contributed by atoms with E-state index in [2.05, 4.69) is 25.1 Å². The fourth-order valence-electron chi connectivity index (χ4n) is 2.20. The van der Waals surface area contributed by atoms with Gasteiger partial charge >= 0.3 is 0 Å². The Balaban J connectivity index is 1.64. The molecule has 4 rings (SSSR count). The smallest absolute Gasteiger partial charge is 0.181 e. The molecule has 22 heavy (non-hydrogen) atoms. The first kappa shape index (κ1) is 12.5. The van der Waals surface area contributed by atoms with E-state index in [0.717, 1.165) is 16.9 Å². The minimum atomic E-state index is 0.651. The molecule has 0 aliphatic carbocycles. The summed E-state index contributed by atoms with van der Waals surface area (Å²) in [7, 11) is 0. The summed E-state index contributed by atoms with van der Waals surface area (Å²) in [4.78, 5) is 12.8. The molecule has 0 fully saturated rings. The monoisotopic (exact) mass is 288 g/mol. The van der Waals surface area contributed by atoms with Crippen molar-refractivity contribution < 1.29 is 0 Å². The van der Waals surface area contributed by atoms with Gasteiger partial charge in [0.15, 0.2) is 11.6 Å². The zero-order chi connectivity index (χ0) is 14.8. The average molecular weight is 288 g/mol. The second-order valence-electron chi connectivity index (χ2n) is 4.74. The molecule has 3 heterocycles. The quantitative estimate of drug-likeness (QED) is 0.629. The van der Waals surface area contributed by atoms with Gasteiger partial charge in [0.1, 0.15) is 5.69 Å². The lowest BCUT2D eigenvalue weighted by Crippen LogP contribution is -1.89. The lowest BCUT2D eigenvalue weighted by atomic mass is 10.2. The van der Waals surface area contributed by atoms with Crippen LogP contribution in [-0.4, -0.2) is 29.7 Å². The molecule has 6 heteroatoms. The normalized spacial score (nSPS) is 10.7. The van der Waals surface area contributed by atoms with Crippen LogP contribution in [0.25, 0.3) is 28.6 Å². The van der Waals surface area contributed by atoms with Gasteiger partial charge in [-0.1, -0.05) is 6.07 Å². The van der Waals surface area contributed by atoms with Crippen LogP contribution >= 0.6 is 0 Å². The van der Waals surface area contributed by atoms with E-state index in [1.807, 2.05) is 53.2 Å². The first-order valence-corrected chi connectivity index (χ1v) is 6.83. The minimum Gasteiger partial charge on any atom is -0.306 e. The number of benzene rings is 1. The molecule has 0 bridgehead atoms. The van der Waals surface area contributed by atoms with Crippen molar-refractivity contribution in [1.82, 2.24) is 29.7 Å². The van der Waals surface area contributed by atoms with Gasteiger partial charge in [-0.2, -0.15) is 5.10 Å². The zero-order valence-corrected chi connectivity index (χ0v) is 11.6. The molecule has 6 nitrogen and oxygen atoms in total. The second-order valence-corrected chi connectivity index (χ2v) is 4.74. The van der Waals surface area contributed by atoms with E-state index in [1.165, 1.54) is 0 Å². The van der Waals surface area contributed by atoms with Crippen molar-refractivity contribution in [2.75, 3.05) is 0 Å². The van der Waals surface area contributed by atoms with Crippen molar-refractivity contribution in [2.24, 2.45) is 0 Å². The molecule has 0 radical (unpaired) electrons. The molecular formula is C16H12N6. The maximum Gasteiger partial charge on any atom is 0.181 e. The van der Waals surface area contributed by atoms with Crippen LogP contribution in [0.1, 0.15) is 0 Å². The van der Waals surface area contributed by atoms with E-state index in [4.69, 9.17) is 0 Å². The largest absolute Gasteiger partial charge is 0.306 e. The number of nitrogens with zero attached hydrogens (tertiary/aromatic N) is 5. The van der Waals surface area contributed by atoms with Crippen LogP contribution in [0.5, 0.6) is 0 Å². The number of H-pyrrole nitrogens is 1. The molecule has 0 amide bonds. The summed E-state index contributed by atoms with van der Waals surface area (Å²) >= 11 is 0. The second kappa shape index (κ2) is 5.25. The molecule has 0 aliphatic rings. The maximum absolute atomic E-state index is 4.49. The van der Waals surface area contributed by atoms with Gasteiger partial charge in [0, 0.05) is 29.8 Å². The number of hydrogen-bond acceptors (Lipinski definition) is 4. The standard InChI is InChI=1S/C16H12N6/c1-2-8-18-14(3-1)16-19-15(20-21-16)12-4-6-13(7-5-12)22-10-9-17-11-22/h1-11H,(H,19,20,21). The molecule has 0 atom stereocenters. The summed E-state index contributed by atoms with van der Waals surface area (Å²) < 4.78 is 1.95. The third-order valence-electron chi connectivity index (χ3n) is 3.32. The Bertz CT molecular complexity index is 863. The van der Waals surface area contributed by atoms with Crippen molar-refractivity contribution in [3.05, 3.63) is 67.4 Å². The van der Waals surface area contributed by atoms with Gasteiger partial charge in [-0.15, -0.1) is 0 Å². The zero-order valence-electron chi connectivity index (χ0n) is 11.6. The number of nitrogens with one attached hydrogen (secondary N) is 1. The number of hydrogen-bond donors (Lipinski definition) is 1. The number of rotatable bonds is 3. The summed E-state index contributed by atoms with van der Waals surface area (Å²) in [6, 6.07) is 13.7. The molecule has 1 N–H and O–H groups in total. The molecule has 0 saturated carbocycles. The third-order valence-corrected chi connectivity index (χ3v) is 3.32. The first-order chi connectivity index (χ1) is 10.9. The molecular weight excluding hydrogens is 276 g/mol. The number of aromatic amines is 1. The van der Waals surface area contributed by atoms with E-state index in [0.29, 0.717) is 11.6 Å². The van der Waals surface area contributed by atoms with Crippen LogP contribution < -0.4 is 0 Å². The number of pyridine rings is 1. The highest BCUT2D eigenvalue weighted by molar-refractivity contribution is 5.60. The van der Waals surface area contributed by atoms with Gasteiger partial charge in [0.2, 0.25) is 0 Å². The SMILES string of the molecule is c1ccc(-c2nc(-c3ccc(-n4ccnc4)cc3)n[nH]2)nc1. The Morgan fingerprint density at radius 1 is 0.955 bits per heavy atom. The number of imidazole rings is 1. The Labute approximate surface area is 126 Å². The van der Waals surface area contributed by atoms with Crippen molar-refractivity contribution in [3.63, 3.8) is 0 Å². The first-order valence-electron chi connectivity index (χ1n) is 6.83. The van der Waals surface area contributed by atoms with Crippen LogP contribution in [0.3, 0.4) is 0 Å². The van der Waals surface area contributed by atoms with Crippen LogP contribution in [-0.2, 0) is 0 Å². The minimum absolute atomic E-state index is 0.651. The van der Waals surface area contributed by atoms with E-state index >= 15 is 0 Å². The highest BCUT2D eigenvalue weighted by Crippen LogP contribution is 2.20. The van der Waals surface area contributed by atoms with Gasteiger partial charge in [0.25, 0.3) is 0 Å². The number of aromatic nitrogens is 6. The Hall–Kier alpha value is -3.28.